The van der Waals surface area contributed by atoms with Crippen molar-refractivity contribution < 1.29 is 9.13 Å². The summed E-state index contributed by atoms with van der Waals surface area (Å²) in [5, 5.41) is 0.829. The van der Waals surface area contributed by atoms with E-state index in [4.69, 9.17) is 10.5 Å². The van der Waals surface area contributed by atoms with E-state index < -0.39 is 5.82 Å². The first kappa shape index (κ1) is 13.5. The summed E-state index contributed by atoms with van der Waals surface area (Å²) in [6.07, 6.45) is 0. The van der Waals surface area contributed by atoms with Crippen LogP contribution in [0.1, 0.15) is 11.3 Å². The molecule has 0 saturated carbocycles. The average molecular weight is 282 g/mol. The number of ether oxygens (including phenoxy) is 1. The van der Waals surface area contributed by atoms with Gasteiger partial charge < -0.3 is 10.5 Å². The normalized spacial score (nSPS) is 10.8. The van der Waals surface area contributed by atoms with Crippen LogP contribution in [0.4, 0.5) is 4.39 Å². The minimum absolute atomic E-state index is 0.203. The Balaban J connectivity index is 2.13. The Morgan fingerprint density at radius 3 is 2.71 bits per heavy atom. The van der Waals surface area contributed by atoms with E-state index in [1.54, 1.807) is 18.2 Å². The van der Waals surface area contributed by atoms with Crippen LogP contribution in [0.5, 0.6) is 11.5 Å². The van der Waals surface area contributed by atoms with E-state index in [-0.39, 0.29) is 5.75 Å². The third kappa shape index (κ3) is 2.71. The SMILES string of the molecule is Cc1ccc(F)c(Oc2cc(CN)nc3ccccc23)c1. The molecular formula is C17H15FN2O. The van der Waals surface area contributed by atoms with Crippen LogP contribution in [-0.2, 0) is 6.54 Å². The van der Waals surface area contributed by atoms with Gasteiger partial charge in [0, 0.05) is 18.0 Å². The van der Waals surface area contributed by atoms with Gasteiger partial charge in [0.2, 0.25) is 0 Å². The van der Waals surface area contributed by atoms with Crippen LogP contribution in [0.25, 0.3) is 10.9 Å². The minimum atomic E-state index is -0.393. The van der Waals surface area contributed by atoms with E-state index in [1.165, 1.54) is 6.07 Å². The maximum Gasteiger partial charge on any atom is 0.165 e. The highest BCUT2D eigenvalue weighted by Gasteiger charge is 2.10. The Kier molecular flexibility index (Phi) is 3.54. The molecule has 0 unspecified atom stereocenters. The maximum absolute atomic E-state index is 13.9. The van der Waals surface area contributed by atoms with Gasteiger partial charge in [0.15, 0.2) is 11.6 Å². The predicted molar refractivity (Wildman–Crippen MR) is 80.8 cm³/mol. The van der Waals surface area contributed by atoms with Crippen LogP contribution < -0.4 is 10.5 Å². The Bertz CT molecular complexity index is 802. The first-order chi connectivity index (χ1) is 10.2. The molecule has 0 fully saturated rings. The summed E-state index contributed by atoms with van der Waals surface area (Å²) in [4.78, 5) is 4.44. The van der Waals surface area contributed by atoms with E-state index in [9.17, 15) is 4.39 Å². The third-order valence-electron chi connectivity index (χ3n) is 3.25. The standard InChI is InChI=1S/C17H15FN2O/c1-11-6-7-14(18)17(8-11)21-16-9-12(10-19)20-15-5-3-2-4-13(15)16/h2-9H,10,19H2,1H3. The summed E-state index contributed by atoms with van der Waals surface area (Å²) in [5.41, 5.74) is 8.09. The van der Waals surface area contributed by atoms with Crippen molar-refractivity contribution in [3.63, 3.8) is 0 Å². The zero-order valence-corrected chi connectivity index (χ0v) is 11.6. The molecule has 106 valence electrons. The molecule has 3 nitrogen and oxygen atoms in total. The van der Waals surface area contributed by atoms with Crippen LogP contribution in [0.2, 0.25) is 0 Å². The van der Waals surface area contributed by atoms with Gasteiger partial charge >= 0.3 is 0 Å². The Morgan fingerprint density at radius 2 is 1.90 bits per heavy atom. The van der Waals surface area contributed by atoms with E-state index in [2.05, 4.69) is 4.98 Å². The molecule has 2 N–H and O–H groups in total. The number of hydrogen-bond donors (Lipinski definition) is 1. The minimum Gasteiger partial charge on any atom is -0.453 e. The molecule has 0 aliphatic carbocycles. The number of benzene rings is 2. The molecular weight excluding hydrogens is 267 g/mol. The first-order valence-electron chi connectivity index (χ1n) is 6.70. The van der Waals surface area contributed by atoms with Crippen molar-refractivity contribution in [1.82, 2.24) is 4.98 Å². The number of pyridine rings is 1. The molecule has 0 bridgehead atoms. The molecule has 0 amide bonds. The predicted octanol–water partition coefficient (Wildman–Crippen LogP) is 3.93. The third-order valence-corrected chi connectivity index (χ3v) is 3.25. The summed E-state index contributed by atoms with van der Waals surface area (Å²) in [7, 11) is 0. The Labute approximate surface area is 122 Å². The van der Waals surface area contributed by atoms with Gasteiger partial charge in [-0.25, -0.2) is 4.39 Å². The summed E-state index contributed by atoms with van der Waals surface area (Å²) >= 11 is 0. The highest BCUT2D eigenvalue weighted by molar-refractivity contribution is 5.85. The van der Waals surface area contributed by atoms with Crippen molar-refractivity contribution >= 4 is 10.9 Å². The lowest BCUT2D eigenvalue weighted by molar-refractivity contribution is 0.445. The van der Waals surface area contributed by atoms with Crippen molar-refractivity contribution in [2.24, 2.45) is 5.73 Å². The second kappa shape index (κ2) is 5.50. The summed E-state index contributed by atoms with van der Waals surface area (Å²) in [5.74, 6) is 0.371. The van der Waals surface area contributed by atoms with Gasteiger partial charge in [-0.3, -0.25) is 4.98 Å². The molecule has 0 radical (unpaired) electrons. The molecule has 3 aromatic rings. The molecule has 0 spiro atoms. The lowest BCUT2D eigenvalue weighted by Crippen LogP contribution is -2.01. The highest BCUT2D eigenvalue weighted by atomic mass is 19.1. The summed E-state index contributed by atoms with van der Waals surface area (Å²) in [6, 6.07) is 14.1. The van der Waals surface area contributed by atoms with Crippen molar-refractivity contribution in [3.8, 4) is 11.5 Å². The first-order valence-corrected chi connectivity index (χ1v) is 6.70. The molecule has 0 saturated heterocycles. The van der Waals surface area contributed by atoms with Crippen molar-refractivity contribution in [1.29, 1.82) is 0 Å². The molecule has 0 atom stereocenters. The molecule has 1 heterocycles. The average Bonchev–Trinajstić information content (AvgIpc) is 2.50. The fourth-order valence-electron chi connectivity index (χ4n) is 2.19. The molecule has 0 aliphatic rings. The molecule has 3 rings (SSSR count). The number of hydrogen-bond acceptors (Lipinski definition) is 3. The number of aromatic nitrogens is 1. The molecule has 1 aromatic heterocycles. The quantitative estimate of drug-likeness (QED) is 0.791. The highest BCUT2D eigenvalue weighted by Crippen LogP contribution is 2.31. The Hall–Kier alpha value is -2.46. The van der Waals surface area contributed by atoms with Crippen molar-refractivity contribution in [2.75, 3.05) is 0 Å². The van der Waals surface area contributed by atoms with Gasteiger partial charge in [-0.05, 0) is 36.8 Å². The monoisotopic (exact) mass is 282 g/mol. The van der Waals surface area contributed by atoms with Gasteiger partial charge in [0.25, 0.3) is 0 Å². The van der Waals surface area contributed by atoms with Crippen LogP contribution in [-0.4, -0.2) is 4.98 Å². The van der Waals surface area contributed by atoms with Gasteiger partial charge in [-0.15, -0.1) is 0 Å². The topological polar surface area (TPSA) is 48.1 Å². The zero-order valence-electron chi connectivity index (χ0n) is 11.6. The van der Waals surface area contributed by atoms with Gasteiger partial charge in [0.1, 0.15) is 5.75 Å². The van der Waals surface area contributed by atoms with Gasteiger partial charge in [0.05, 0.1) is 11.2 Å². The lowest BCUT2D eigenvalue weighted by Gasteiger charge is -2.11. The number of nitrogens with two attached hydrogens (primary N) is 1. The second-order valence-electron chi connectivity index (χ2n) is 4.87. The summed E-state index contributed by atoms with van der Waals surface area (Å²) < 4.78 is 19.6. The Morgan fingerprint density at radius 1 is 1.10 bits per heavy atom. The largest absolute Gasteiger partial charge is 0.453 e. The fourth-order valence-corrected chi connectivity index (χ4v) is 2.19. The fraction of sp³-hybridized carbons (Fsp3) is 0.118. The molecule has 4 heteroatoms. The maximum atomic E-state index is 13.9. The number of rotatable bonds is 3. The number of halogens is 1. The van der Waals surface area contributed by atoms with Crippen LogP contribution in [0, 0.1) is 12.7 Å². The molecule has 21 heavy (non-hydrogen) atoms. The smallest absolute Gasteiger partial charge is 0.165 e. The van der Waals surface area contributed by atoms with Crippen LogP contribution >= 0.6 is 0 Å². The van der Waals surface area contributed by atoms with Gasteiger partial charge in [-0.1, -0.05) is 18.2 Å². The number of para-hydroxylation sites is 1. The zero-order chi connectivity index (χ0) is 14.8. The summed E-state index contributed by atoms with van der Waals surface area (Å²) in [6.45, 7) is 2.19. The van der Waals surface area contributed by atoms with Crippen molar-refractivity contribution in [2.45, 2.75) is 13.5 Å². The number of nitrogens with zero attached hydrogens (tertiary/aromatic N) is 1. The van der Waals surface area contributed by atoms with Crippen molar-refractivity contribution in [3.05, 3.63) is 65.6 Å². The van der Waals surface area contributed by atoms with E-state index in [0.717, 1.165) is 16.5 Å². The van der Waals surface area contributed by atoms with E-state index >= 15 is 0 Å². The van der Waals surface area contributed by atoms with Crippen LogP contribution in [0.3, 0.4) is 0 Å². The van der Waals surface area contributed by atoms with E-state index in [0.29, 0.717) is 18.0 Å². The molecule has 2 aromatic carbocycles. The number of aryl methyl sites for hydroxylation is 1. The lowest BCUT2D eigenvalue weighted by atomic mass is 10.1. The number of fused-ring (bicyclic) bond motifs is 1. The van der Waals surface area contributed by atoms with E-state index in [1.807, 2.05) is 31.2 Å². The van der Waals surface area contributed by atoms with Crippen LogP contribution in [0.15, 0.2) is 48.5 Å². The van der Waals surface area contributed by atoms with Gasteiger partial charge in [-0.2, -0.15) is 0 Å². The molecule has 0 aliphatic heterocycles. The second-order valence-corrected chi connectivity index (χ2v) is 4.87.